The van der Waals surface area contributed by atoms with Crippen molar-refractivity contribution in [1.29, 1.82) is 0 Å². The summed E-state index contributed by atoms with van der Waals surface area (Å²) in [5, 5.41) is 0.358. The largest absolute Gasteiger partial charge is 0.398 e. The van der Waals surface area contributed by atoms with Gasteiger partial charge in [-0.15, -0.1) is 0 Å². The van der Waals surface area contributed by atoms with Gasteiger partial charge in [0.1, 0.15) is 4.90 Å². The van der Waals surface area contributed by atoms with Crippen LogP contribution in [0, 0.1) is 0 Å². The zero-order chi connectivity index (χ0) is 12.6. The number of benzene rings is 1. The van der Waals surface area contributed by atoms with Crippen LogP contribution in [0.2, 0.25) is 10.0 Å². The molecule has 0 aliphatic heterocycles. The lowest BCUT2D eigenvalue weighted by Crippen LogP contribution is -2.39. The van der Waals surface area contributed by atoms with Gasteiger partial charge in [0.05, 0.1) is 10.7 Å². The molecule has 94 valence electrons. The molecule has 0 unspecified atom stereocenters. The van der Waals surface area contributed by atoms with E-state index in [1.807, 2.05) is 0 Å². The van der Waals surface area contributed by atoms with Crippen molar-refractivity contribution in [1.82, 2.24) is 4.72 Å². The molecule has 1 fully saturated rings. The maximum atomic E-state index is 12.1. The molecular formula is C10H12Cl2N2O2S. The van der Waals surface area contributed by atoms with E-state index in [0.717, 1.165) is 19.3 Å². The average molecular weight is 295 g/mol. The van der Waals surface area contributed by atoms with Crippen LogP contribution < -0.4 is 10.5 Å². The first-order valence-electron chi connectivity index (χ1n) is 5.17. The highest BCUT2D eigenvalue weighted by atomic mass is 35.5. The highest BCUT2D eigenvalue weighted by molar-refractivity contribution is 7.89. The van der Waals surface area contributed by atoms with Crippen molar-refractivity contribution in [2.75, 3.05) is 5.73 Å². The molecule has 2 rings (SSSR count). The monoisotopic (exact) mass is 294 g/mol. The summed E-state index contributed by atoms with van der Waals surface area (Å²) in [7, 11) is -3.66. The lowest BCUT2D eigenvalue weighted by Gasteiger charge is -2.26. The highest BCUT2D eigenvalue weighted by Crippen LogP contribution is 2.32. The molecule has 1 saturated carbocycles. The number of nitrogens with one attached hydrogen (secondary N) is 1. The first-order chi connectivity index (χ1) is 7.90. The molecule has 0 bridgehead atoms. The van der Waals surface area contributed by atoms with Gasteiger partial charge < -0.3 is 5.73 Å². The molecule has 7 heteroatoms. The van der Waals surface area contributed by atoms with Crippen molar-refractivity contribution in [2.45, 2.75) is 30.2 Å². The van der Waals surface area contributed by atoms with Gasteiger partial charge in [0, 0.05) is 11.1 Å². The summed E-state index contributed by atoms with van der Waals surface area (Å²) in [5.41, 5.74) is 5.72. The second-order valence-electron chi connectivity index (χ2n) is 4.06. The molecule has 0 aromatic heterocycles. The predicted molar refractivity (Wildman–Crippen MR) is 68.8 cm³/mol. The molecule has 1 aromatic carbocycles. The smallest absolute Gasteiger partial charge is 0.244 e. The third-order valence-corrected chi connectivity index (χ3v) is 5.00. The molecule has 0 spiro atoms. The number of anilines is 1. The Kier molecular flexibility index (Phi) is 3.54. The van der Waals surface area contributed by atoms with E-state index in [1.165, 1.54) is 12.1 Å². The Bertz CT molecular complexity index is 518. The second kappa shape index (κ2) is 4.65. The molecular weight excluding hydrogens is 283 g/mol. The molecule has 0 saturated heterocycles. The fourth-order valence-electron chi connectivity index (χ4n) is 1.67. The Hall–Kier alpha value is -0.490. The van der Waals surface area contributed by atoms with Gasteiger partial charge in [-0.2, -0.15) is 0 Å². The van der Waals surface area contributed by atoms with Crippen LogP contribution in [0.4, 0.5) is 5.69 Å². The quantitative estimate of drug-likeness (QED) is 0.841. The van der Waals surface area contributed by atoms with Crippen molar-refractivity contribution < 1.29 is 8.42 Å². The number of nitrogens with two attached hydrogens (primary N) is 1. The average Bonchev–Trinajstić information content (AvgIpc) is 2.09. The fraction of sp³-hybridized carbons (Fsp3) is 0.400. The molecule has 1 aromatic rings. The maximum absolute atomic E-state index is 12.1. The number of halogens is 2. The molecule has 0 radical (unpaired) electrons. The molecule has 17 heavy (non-hydrogen) atoms. The zero-order valence-corrected chi connectivity index (χ0v) is 11.2. The van der Waals surface area contributed by atoms with E-state index >= 15 is 0 Å². The summed E-state index contributed by atoms with van der Waals surface area (Å²) in [6.45, 7) is 0. The third-order valence-electron chi connectivity index (χ3n) is 2.73. The number of hydrogen-bond acceptors (Lipinski definition) is 3. The minimum absolute atomic E-state index is 0.00820. The molecule has 0 amide bonds. The summed E-state index contributed by atoms with van der Waals surface area (Å²) < 4.78 is 26.7. The molecule has 3 N–H and O–H groups in total. The molecule has 1 aliphatic carbocycles. The van der Waals surface area contributed by atoms with Gasteiger partial charge in [-0.05, 0) is 25.0 Å². The van der Waals surface area contributed by atoms with Gasteiger partial charge in [0.15, 0.2) is 0 Å². The molecule has 4 nitrogen and oxygen atoms in total. The molecule has 0 heterocycles. The van der Waals surface area contributed by atoms with Crippen molar-refractivity contribution in [3.8, 4) is 0 Å². The fourth-order valence-corrected chi connectivity index (χ4v) is 3.96. The maximum Gasteiger partial charge on any atom is 0.244 e. The van der Waals surface area contributed by atoms with E-state index in [4.69, 9.17) is 28.9 Å². The van der Waals surface area contributed by atoms with Gasteiger partial charge in [-0.1, -0.05) is 29.6 Å². The van der Waals surface area contributed by atoms with Crippen LogP contribution in [0.1, 0.15) is 19.3 Å². The van der Waals surface area contributed by atoms with Gasteiger partial charge in [-0.25, -0.2) is 13.1 Å². The minimum atomic E-state index is -3.66. The predicted octanol–water partition coefficient (Wildman–Crippen LogP) is 2.41. The van der Waals surface area contributed by atoms with Crippen LogP contribution in [0.25, 0.3) is 0 Å². The minimum Gasteiger partial charge on any atom is -0.398 e. The molecule has 0 atom stereocenters. The number of hydrogen-bond donors (Lipinski definition) is 2. The van der Waals surface area contributed by atoms with Crippen molar-refractivity contribution in [2.24, 2.45) is 0 Å². The summed E-state index contributed by atoms with van der Waals surface area (Å²) >= 11 is 11.6. The summed E-state index contributed by atoms with van der Waals surface area (Å²) in [6, 6.07) is 2.74. The van der Waals surface area contributed by atoms with Crippen LogP contribution in [0.15, 0.2) is 17.0 Å². The van der Waals surface area contributed by atoms with Crippen LogP contribution in [0.3, 0.4) is 0 Å². The standard InChI is InChI=1S/C10H12Cl2N2O2S/c11-6-4-8(12)10(9(13)5-6)17(15,16)14-7-2-1-3-7/h4-5,7,14H,1-3,13H2. The van der Waals surface area contributed by atoms with Gasteiger partial charge in [0.25, 0.3) is 0 Å². The lowest BCUT2D eigenvalue weighted by molar-refractivity contribution is 0.383. The van der Waals surface area contributed by atoms with Gasteiger partial charge >= 0.3 is 0 Å². The van der Waals surface area contributed by atoms with Crippen LogP contribution in [-0.4, -0.2) is 14.5 Å². The Labute approximate surface area is 110 Å². The lowest BCUT2D eigenvalue weighted by atomic mass is 9.94. The first kappa shape index (κ1) is 13.0. The summed E-state index contributed by atoms with van der Waals surface area (Å²) in [5.74, 6) is 0. The third kappa shape index (κ3) is 2.68. The Morgan fingerprint density at radius 1 is 1.29 bits per heavy atom. The van der Waals surface area contributed by atoms with Crippen molar-refractivity contribution in [3.05, 3.63) is 22.2 Å². The van der Waals surface area contributed by atoms with Crippen LogP contribution in [0.5, 0.6) is 0 Å². The number of sulfonamides is 1. The van der Waals surface area contributed by atoms with E-state index in [9.17, 15) is 8.42 Å². The summed E-state index contributed by atoms with van der Waals surface area (Å²) in [4.78, 5) is -0.0875. The topological polar surface area (TPSA) is 72.2 Å². The highest BCUT2D eigenvalue weighted by Gasteiger charge is 2.28. The first-order valence-corrected chi connectivity index (χ1v) is 7.41. The SMILES string of the molecule is Nc1cc(Cl)cc(Cl)c1S(=O)(=O)NC1CCC1. The Morgan fingerprint density at radius 2 is 1.94 bits per heavy atom. The zero-order valence-electron chi connectivity index (χ0n) is 8.91. The van der Waals surface area contributed by atoms with Gasteiger partial charge in [-0.3, -0.25) is 0 Å². The molecule has 1 aliphatic rings. The van der Waals surface area contributed by atoms with E-state index < -0.39 is 10.0 Å². The van der Waals surface area contributed by atoms with Crippen molar-refractivity contribution in [3.63, 3.8) is 0 Å². The van der Waals surface area contributed by atoms with E-state index in [0.29, 0.717) is 5.02 Å². The van der Waals surface area contributed by atoms with Crippen LogP contribution in [-0.2, 0) is 10.0 Å². The normalized spacial score (nSPS) is 16.8. The Morgan fingerprint density at radius 3 is 2.41 bits per heavy atom. The van der Waals surface area contributed by atoms with E-state index in [2.05, 4.69) is 4.72 Å². The van der Waals surface area contributed by atoms with Crippen LogP contribution >= 0.6 is 23.2 Å². The second-order valence-corrected chi connectivity index (χ2v) is 6.55. The summed E-state index contributed by atoms with van der Waals surface area (Å²) in [6.07, 6.45) is 2.74. The number of nitrogen functional groups attached to an aromatic ring is 1. The van der Waals surface area contributed by atoms with E-state index in [-0.39, 0.29) is 21.6 Å². The van der Waals surface area contributed by atoms with E-state index in [1.54, 1.807) is 0 Å². The Balaban J connectivity index is 2.38. The number of rotatable bonds is 3. The van der Waals surface area contributed by atoms with Crippen molar-refractivity contribution >= 4 is 38.9 Å². The van der Waals surface area contributed by atoms with Gasteiger partial charge in [0.2, 0.25) is 10.0 Å².